The lowest BCUT2D eigenvalue weighted by Crippen LogP contribution is -2.55. The molecule has 156 valence electrons. The first-order valence-corrected chi connectivity index (χ1v) is 9.42. The van der Waals surface area contributed by atoms with E-state index in [1.807, 2.05) is 30.3 Å². The third-order valence-electron chi connectivity index (χ3n) is 4.55. The predicted octanol–water partition coefficient (Wildman–Crippen LogP) is 0.265. The molecular formula is C19H27N7O3. The van der Waals surface area contributed by atoms with Crippen LogP contribution >= 0.6 is 0 Å². The first-order chi connectivity index (χ1) is 14.1. The van der Waals surface area contributed by atoms with Gasteiger partial charge in [0.2, 0.25) is 11.8 Å². The third-order valence-corrected chi connectivity index (χ3v) is 4.55. The van der Waals surface area contributed by atoms with Crippen molar-refractivity contribution < 1.29 is 14.3 Å². The summed E-state index contributed by atoms with van der Waals surface area (Å²) in [4.78, 5) is 24.9. The second-order valence-electron chi connectivity index (χ2n) is 6.55. The van der Waals surface area contributed by atoms with E-state index in [9.17, 15) is 4.79 Å². The predicted molar refractivity (Wildman–Crippen MR) is 109 cm³/mol. The molecule has 2 aromatic heterocycles. The molecular weight excluding hydrogens is 374 g/mol. The summed E-state index contributed by atoms with van der Waals surface area (Å²) in [6, 6.07) is 3.81. The van der Waals surface area contributed by atoms with Gasteiger partial charge >= 0.3 is 0 Å². The summed E-state index contributed by atoms with van der Waals surface area (Å²) in [5.41, 5.74) is 1.72. The smallest absolute Gasteiger partial charge is 0.246 e. The standard InChI is InChI=1S/C19H27N7O3/c1-20-19(22-11-15-5-4-6-21-18(15)29-10-9-28-3)25-7-8-26(17(27)14-25)16-12-23-24(2)13-16/h4-6,12-13H,7-11,14H2,1-3H3,(H,20,22). The third kappa shape index (κ3) is 5.23. The molecule has 0 spiro atoms. The highest BCUT2D eigenvalue weighted by Crippen LogP contribution is 2.17. The van der Waals surface area contributed by atoms with Crippen molar-refractivity contribution in [2.75, 3.05) is 51.9 Å². The summed E-state index contributed by atoms with van der Waals surface area (Å²) in [5.74, 6) is 1.23. The minimum Gasteiger partial charge on any atom is -0.475 e. The van der Waals surface area contributed by atoms with Crippen LogP contribution in [-0.2, 0) is 23.1 Å². The summed E-state index contributed by atoms with van der Waals surface area (Å²) in [6.45, 7) is 2.90. The summed E-state index contributed by atoms with van der Waals surface area (Å²) in [7, 11) is 5.17. The van der Waals surface area contributed by atoms with Gasteiger partial charge in [-0.25, -0.2) is 4.98 Å². The van der Waals surface area contributed by atoms with E-state index < -0.39 is 0 Å². The molecule has 10 nitrogen and oxygen atoms in total. The average molecular weight is 401 g/mol. The number of hydrogen-bond acceptors (Lipinski definition) is 6. The van der Waals surface area contributed by atoms with Gasteiger partial charge in [-0.2, -0.15) is 5.10 Å². The minimum atomic E-state index is 0.0113. The lowest BCUT2D eigenvalue weighted by atomic mass is 10.2. The molecule has 0 unspecified atom stereocenters. The van der Waals surface area contributed by atoms with E-state index in [1.165, 1.54) is 0 Å². The molecule has 0 radical (unpaired) electrons. The highest BCUT2D eigenvalue weighted by atomic mass is 16.5. The van der Waals surface area contributed by atoms with Crippen LogP contribution in [0.15, 0.2) is 35.7 Å². The van der Waals surface area contributed by atoms with Crippen molar-refractivity contribution in [1.82, 2.24) is 25.0 Å². The van der Waals surface area contributed by atoms with Crippen molar-refractivity contribution in [2.24, 2.45) is 12.0 Å². The number of guanidine groups is 1. The number of piperazine rings is 1. The van der Waals surface area contributed by atoms with E-state index in [0.29, 0.717) is 44.7 Å². The number of rotatable bonds is 7. The molecule has 0 atom stereocenters. The molecule has 3 heterocycles. The molecule has 0 aliphatic carbocycles. The zero-order chi connectivity index (χ0) is 20.6. The summed E-state index contributed by atoms with van der Waals surface area (Å²) >= 11 is 0. The number of methoxy groups -OCH3 is 1. The summed E-state index contributed by atoms with van der Waals surface area (Å²) in [5, 5.41) is 7.44. The lowest BCUT2D eigenvalue weighted by molar-refractivity contribution is -0.120. The first kappa shape index (κ1) is 20.6. The number of aromatic nitrogens is 3. The number of carbonyl (C=O) groups excluding carboxylic acids is 1. The highest BCUT2D eigenvalue weighted by Gasteiger charge is 2.27. The number of pyridine rings is 1. The number of anilines is 1. The fourth-order valence-electron chi connectivity index (χ4n) is 3.09. The molecule has 1 saturated heterocycles. The summed E-state index contributed by atoms with van der Waals surface area (Å²) in [6.07, 6.45) is 5.24. The first-order valence-electron chi connectivity index (χ1n) is 9.42. The van der Waals surface area contributed by atoms with Crippen LogP contribution in [0.2, 0.25) is 0 Å². The molecule has 1 fully saturated rings. The van der Waals surface area contributed by atoms with Crippen LogP contribution in [-0.4, -0.2) is 78.5 Å². The number of hydrogen-bond donors (Lipinski definition) is 1. The number of ether oxygens (including phenoxy) is 2. The number of amides is 1. The minimum absolute atomic E-state index is 0.0113. The summed E-state index contributed by atoms with van der Waals surface area (Å²) < 4.78 is 12.4. The fourth-order valence-corrected chi connectivity index (χ4v) is 3.09. The van der Waals surface area contributed by atoms with E-state index in [-0.39, 0.29) is 12.5 Å². The molecule has 10 heteroatoms. The SMILES string of the molecule is CN=C(NCc1cccnc1OCCOC)N1CCN(c2cnn(C)c2)C(=O)C1. The van der Waals surface area contributed by atoms with E-state index >= 15 is 0 Å². The second kappa shape index (κ2) is 9.87. The van der Waals surface area contributed by atoms with Crippen molar-refractivity contribution in [3.05, 3.63) is 36.3 Å². The van der Waals surface area contributed by atoms with E-state index in [1.54, 1.807) is 36.1 Å². The largest absolute Gasteiger partial charge is 0.475 e. The van der Waals surface area contributed by atoms with Gasteiger partial charge in [-0.05, 0) is 6.07 Å². The topological polar surface area (TPSA) is 97.1 Å². The zero-order valence-electron chi connectivity index (χ0n) is 17.0. The Bertz CT molecular complexity index is 852. The van der Waals surface area contributed by atoms with Gasteiger partial charge in [0, 0.05) is 58.8 Å². The van der Waals surface area contributed by atoms with Gasteiger partial charge in [0.1, 0.15) is 13.2 Å². The number of aryl methyl sites for hydroxylation is 1. The average Bonchev–Trinajstić information content (AvgIpc) is 3.15. The van der Waals surface area contributed by atoms with E-state index in [2.05, 4.69) is 20.4 Å². The quantitative estimate of drug-likeness (QED) is 0.404. The van der Waals surface area contributed by atoms with Crippen LogP contribution in [0.25, 0.3) is 0 Å². The number of nitrogens with one attached hydrogen (secondary N) is 1. The van der Waals surface area contributed by atoms with Gasteiger partial charge < -0.3 is 24.6 Å². The fraction of sp³-hybridized carbons (Fsp3) is 0.474. The monoisotopic (exact) mass is 401 g/mol. The molecule has 1 aliphatic heterocycles. The van der Waals surface area contributed by atoms with E-state index in [0.717, 1.165) is 11.3 Å². The Hall–Kier alpha value is -3.14. The lowest BCUT2D eigenvalue weighted by Gasteiger charge is -2.35. The van der Waals surface area contributed by atoms with Gasteiger partial charge in [-0.3, -0.25) is 14.5 Å². The Morgan fingerprint density at radius 2 is 2.21 bits per heavy atom. The Morgan fingerprint density at radius 1 is 1.34 bits per heavy atom. The Morgan fingerprint density at radius 3 is 2.90 bits per heavy atom. The van der Waals surface area contributed by atoms with Crippen molar-refractivity contribution in [1.29, 1.82) is 0 Å². The molecule has 1 N–H and O–H groups in total. The van der Waals surface area contributed by atoms with E-state index in [4.69, 9.17) is 9.47 Å². The van der Waals surface area contributed by atoms with Crippen molar-refractivity contribution in [3.63, 3.8) is 0 Å². The molecule has 0 aromatic carbocycles. The van der Waals surface area contributed by atoms with Crippen LogP contribution in [0.3, 0.4) is 0 Å². The molecule has 0 saturated carbocycles. The number of aliphatic imine (C=N–C) groups is 1. The Labute approximate surface area is 170 Å². The van der Waals surface area contributed by atoms with Gasteiger partial charge in [0.25, 0.3) is 0 Å². The maximum atomic E-state index is 12.6. The highest BCUT2D eigenvalue weighted by molar-refractivity contribution is 5.98. The van der Waals surface area contributed by atoms with Gasteiger partial charge in [0.05, 0.1) is 18.5 Å². The Balaban J connectivity index is 1.58. The zero-order valence-corrected chi connectivity index (χ0v) is 17.0. The van der Waals surface area contributed by atoms with Gasteiger partial charge in [-0.1, -0.05) is 6.07 Å². The van der Waals surface area contributed by atoms with Gasteiger partial charge in [-0.15, -0.1) is 0 Å². The second-order valence-corrected chi connectivity index (χ2v) is 6.55. The normalized spacial score (nSPS) is 15.0. The molecule has 3 rings (SSSR count). The Kier molecular flexibility index (Phi) is 7.01. The maximum Gasteiger partial charge on any atom is 0.246 e. The van der Waals surface area contributed by atoms with Crippen molar-refractivity contribution >= 4 is 17.6 Å². The van der Waals surface area contributed by atoms with Crippen LogP contribution < -0.4 is 15.0 Å². The number of carbonyl (C=O) groups is 1. The molecule has 2 aromatic rings. The van der Waals surface area contributed by atoms with Crippen LogP contribution in [0.4, 0.5) is 5.69 Å². The van der Waals surface area contributed by atoms with Crippen LogP contribution in [0, 0.1) is 0 Å². The van der Waals surface area contributed by atoms with Gasteiger partial charge in [0.15, 0.2) is 5.96 Å². The molecule has 1 amide bonds. The maximum absolute atomic E-state index is 12.6. The van der Waals surface area contributed by atoms with Crippen LogP contribution in [0.1, 0.15) is 5.56 Å². The number of nitrogens with zero attached hydrogens (tertiary/aromatic N) is 6. The molecule has 1 aliphatic rings. The molecule has 29 heavy (non-hydrogen) atoms. The van der Waals surface area contributed by atoms with Crippen molar-refractivity contribution in [2.45, 2.75) is 6.54 Å². The molecule has 0 bridgehead atoms. The van der Waals surface area contributed by atoms with Crippen molar-refractivity contribution in [3.8, 4) is 5.88 Å². The van der Waals surface area contributed by atoms with Crippen LogP contribution in [0.5, 0.6) is 5.88 Å².